The van der Waals surface area contributed by atoms with Crippen LogP contribution in [0.3, 0.4) is 0 Å². The van der Waals surface area contributed by atoms with Crippen LogP contribution in [0.25, 0.3) is 0 Å². The third-order valence-corrected chi connectivity index (χ3v) is 3.51. The number of amides is 2. The van der Waals surface area contributed by atoms with E-state index in [1.165, 1.54) is 0 Å². The molecule has 1 aromatic heterocycles. The lowest BCUT2D eigenvalue weighted by molar-refractivity contribution is -0.122. The highest BCUT2D eigenvalue weighted by Crippen LogP contribution is 2.25. The van der Waals surface area contributed by atoms with E-state index in [0.29, 0.717) is 12.2 Å². The lowest BCUT2D eigenvalue weighted by atomic mass is 10.1. The van der Waals surface area contributed by atoms with E-state index < -0.39 is 0 Å². The summed E-state index contributed by atoms with van der Waals surface area (Å²) in [5, 5.41) is 2.82. The van der Waals surface area contributed by atoms with Gasteiger partial charge < -0.3 is 10.2 Å². The highest BCUT2D eigenvalue weighted by atomic mass is 16.2. The van der Waals surface area contributed by atoms with Crippen molar-refractivity contribution in [1.29, 1.82) is 0 Å². The summed E-state index contributed by atoms with van der Waals surface area (Å²) in [5.74, 6) is -0.477. The van der Waals surface area contributed by atoms with Crippen LogP contribution in [0.15, 0.2) is 54.9 Å². The van der Waals surface area contributed by atoms with Crippen LogP contribution in [0.2, 0.25) is 0 Å². The van der Waals surface area contributed by atoms with Gasteiger partial charge >= 0.3 is 0 Å². The molecule has 106 valence electrons. The lowest BCUT2D eigenvalue weighted by Crippen LogP contribution is -2.28. The fourth-order valence-electron chi connectivity index (χ4n) is 2.42. The third kappa shape index (κ3) is 2.91. The Hall–Kier alpha value is -2.69. The Bertz CT molecular complexity index is 643. The van der Waals surface area contributed by atoms with Gasteiger partial charge in [-0.3, -0.25) is 14.6 Å². The Balaban J connectivity index is 1.68. The summed E-state index contributed by atoms with van der Waals surface area (Å²) >= 11 is 0. The van der Waals surface area contributed by atoms with Crippen LogP contribution in [0.1, 0.15) is 6.42 Å². The van der Waals surface area contributed by atoms with Crippen molar-refractivity contribution >= 4 is 23.2 Å². The molecule has 3 rings (SSSR count). The molecular formula is C16H15N3O2. The van der Waals surface area contributed by atoms with Crippen molar-refractivity contribution in [2.75, 3.05) is 16.8 Å². The Kier molecular flexibility index (Phi) is 3.64. The Morgan fingerprint density at radius 1 is 1.14 bits per heavy atom. The molecule has 2 aromatic rings. The van der Waals surface area contributed by atoms with E-state index in [9.17, 15) is 9.59 Å². The van der Waals surface area contributed by atoms with Gasteiger partial charge in [0.2, 0.25) is 11.8 Å². The molecule has 1 aliphatic heterocycles. The Morgan fingerprint density at radius 2 is 1.86 bits per heavy atom. The summed E-state index contributed by atoms with van der Waals surface area (Å²) in [6.07, 6.45) is 3.48. The van der Waals surface area contributed by atoms with Gasteiger partial charge in [-0.05, 0) is 24.3 Å². The highest BCUT2D eigenvalue weighted by molar-refractivity contribution is 6.03. The van der Waals surface area contributed by atoms with Crippen molar-refractivity contribution in [1.82, 2.24) is 4.98 Å². The van der Waals surface area contributed by atoms with Crippen molar-refractivity contribution < 1.29 is 9.59 Å². The van der Waals surface area contributed by atoms with Gasteiger partial charge in [0.15, 0.2) is 0 Å². The van der Waals surface area contributed by atoms with Crippen LogP contribution in [0.5, 0.6) is 0 Å². The first-order valence-corrected chi connectivity index (χ1v) is 6.80. The molecule has 1 N–H and O–H groups in total. The fourth-order valence-corrected chi connectivity index (χ4v) is 2.42. The number of nitrogens with one attached hydrogen (secondary N) is 1. The summed E-state index contributed by atoms with van der Waals surface area (Å²) in [4.78, 5) is 29.9. The van der Waals surface area contributed by atoms with Crippen LogP contribution in [-0.2, 0) is 9.59 Å². The lowest BCUT2D eigenvalue weighted by Gasteiger charge is -2.16. The molecule has 1 aliphatic rings. The normalized spacial score (nSPS) is 17.8. The second-order valence-corrected chi connectivity index (χ2v) is 4.97. The van der Waals surface area contributed by atoms with Gasteiger partial charge in [0.1, 0.15) is 0 Å². The molecule has 1 atom stereocenters. The number of anilines is 2. The van der Waals surface area contributed by atoms with Crippen LogP contribution >= 0.6 is 0 Å². The number of para-hydroxylation sites is 1. The quantitative estimate of drug-likeness (QED) is 0.936. The van der Waals surface area contributed by atoms with Gasteiger partial charge in [-0.2, -0.15) is 0 Å². The molecule has 2 heterocycles. The van der Waals surface area contributed by atoms with E-state index in [1.54, 1.807) is 29.4 Å². The maximum absolute atomic E-state index is 12.2. The zero-order chi connectivity index (χ0) is 14.7. The summed E-state index contributed by atoms with van der Waals surface area (Å²) in [5.41, 5.74) is 1.53. The van der Waals surface area contributed by atoms with E-state index in [1.807, 2.05) is 30.3 Å². The number of aromatic nitrogens is 1. The molecule has 5 nitrogen and oxygen atoms in total. The molecule has 0 aliphatic carbocycles. The first-order chi connectivity index (χ1) is 10.2. The smallest absolute Gasteiger partial charge is 0.229 e. The Labute approximate surface area is 122 Å². The van der Waals surface area contributed by atoms with Crippen molar-refractivity contribution in [2.24, 2.45) is 5.92 Å². The highest BCUT2D eigenvalue weighted by Gasteiger charge is 2.35. The monoisotopic (exact) mass is 281 g/mol. The Morgan fingerprint density at radius 3 is 2.57 bits per heavy atom. The summed E-state index contributed by atoms with van der Waals surface area (Å²) in [7, 11) is 0. The number of benzene rings is 1. The summed E-state index contributed by atoms with van der Waals surface area (Å²) in [6, 6.07) is 12.9. The number of nitrogens with zero attached hydrogens (tertiary/aromatic N) is 2. The average molecular weight is 281 g/mol. The van der Waals surface area contributed by atoms with E-state index in [0.717, 1.165) is 5.69 Å². The van der Waals surface area contributed by atoms with Gasteiger partial charge in [0.25, 0.3) is 0 Å². The van der Waals surface area contributed by atoms with Crippen LogP contribution in [0.4, 0.5) is 11.4 Å². The SMILES string of the molecule is O=C(Nc1ccncc1)[C@@H]1CC(=O)N(c2ccccc2)C1. The fraction of sp³-hybridized carbons (Fsp3) is 0.188. The number of hydrogen-bond acceptors (Lipinski definition) is 3. The molecule has 0 bridgehead atoms. The number of carbonyl (C=O) groups excluding carboxylic acids is 2. The van der Waals surface area contributed by atoms with Gasteiger partial charge in [0, 0.05) is 36.7 Å². The molecule has 1 saturated heterocycles. The average Bonchev–Trinajstić information content (AvgIpc) is 2.91. The number of carbonyl (C=O) groups is 2. The van der Waals surface area contributed by atoms with Crippen LogP contribution < -0.4 is 10.2 Å². The van der Waals surface area contributed by atoms with Crippen molar-refractivity contribution in [3.8, 4) is 0 Å². The minimum absolute atomic E-state index is 0.0175. The summed E-state index contributed by atoms with van der Waals surface area (Å²) in [6.45, 7) is 0.416. The first-order valence-electron chi connectivity index (χ1n) is 6.80. The van der Waals surface area contributed by atoms with Gasteiger partial charge in [-0.1, -0.05) is 18.2 Å². The molecule has 2 amide bonds. The molecular weight excluding hydrogens is 266 g/mol. The third-order valence-electron chi connectivity index (χ3n) is 3.51. The van der Waals surface area contributed by atoms with Crippen molar-refractivity contribution in [2.45, 2.75) is 6.42 Å². The van der Waals surface area contributed by atoms with Gasteiger partial charge in [-0.15, -0.1) is 0 Å². The zero-order valence-electron chi connectivity index (χ0n) is 11.4. The van der Waals surface area contributed by atoms with E-state index in [-0.39, 0.29) is 24.2 Å². The maximum atomic E-state index is 12.2. The van der Waals surface area contributed by atoms with Crippen molar-refractivity contribution in [3.63, 3.8) is 0 Å². The predicted molar refractivity (Wildman–Crippen MR) is 79.8 cm³/mol. The predicted octanol–water partition coefficient (Wildman–Crippen LogP) is 2.07. The molecule has 5 heteroatoms. The number of rotatable bonds is 3. The first kappa shape index (κ1) is 13.3. The maximum Gasteiger partial charge on any atom is 0.229 e. The number of hydrogen-bond donors (Lipinski definition) is 1. The zero-order valence-corrected chi connectivity index (χ0v) is 11.4. The molecule has 1 aromatic carbocycles. The van der Waals surface area contributed by atoms with E-state index >= 15 is 0 Å². The molecule has 0 unspecified atom stereocenters. The van der Waals surface area contributed by atoms with Gasteiger partial charge in [0.05, 0.1) is 5.92 Å². The molecule has 1 fully saturated rings. The van der Waals surface area contributed by atoms with E-state index in [4.69, 9.17) is 0 Å². The largest absolute Gasteiger partial charge is 0.326 e. The van der Waals surface area contributed by atoms with Gasteiger partial charge in [-0.25, -0.2) is 0 Å². The second-order valence-electron chi connectivity index (χ2n) is 4.97. The summed E-state index contributed by atoms with van der Waals surface area (Å²) < 4.78 is 0. The topological polar surface area (TPSA) is 62.3 Å². The minimum Gasteiger partial charge on any atom is -0.326 e. The molecule has 0 radical (unpaired) electrons. The second kappa shape index (κ2) is 5.75. The molecule has 0 spiro atoms. The standard InChI is InChI=1S/C16H15N3O2/c20-15-10-12(11-19(15)14-4-2-1-3-5-14)16(21)18-13-6-8-17-9-7-13/h1-9,12H,10-11H2,(H,17,18,21)/t12-/m1/s1. The molecule has 0 saturated carbocycles. The minimum atomic E-state index is -0.328. The van der Waals surface area contributed by atoms with E-state index in [2.05, 4.69) is 10.3 Å². The number of pyridine rings is 1. The van der Waals surface area contributed by atoms with Crippen LogP contribution in [0, 0.1) is 5.92 Å². The van der Waals surface area contributed by atoms with Crippen molar-refractivity contribution in [3.05, 3.63) is 54.9 Å². The molecule has 21 heavy (non-hydrogen) atoms. The van der Waals surface area contributed by atoms with Crippen LogP contribution in [-0.4, -0.2) is 23.3 Å².